The number of thiazole rings is 1. The number of carbonyl (C=O) groups excluding carboxylic acids is 3. The summed E-state index contributed by atoms with van der Waals surface area (Å²) in [6, 6.07) is 19.5. The van der Waals surface area contributed by atoms with E-state index in [-0.39, 0.29) is 42.2 Å². The van der Waals surface area contributed by atoms with Crippen LogP contribution in [0.1, 0.15) is 68.0 Å². The monoisotopic (exact) mass is 674 g/mol. The van der Waals surface area contributed by atoms with Gasteiger partial charge >= 0.3 is 6.09 Å². The summed E-state index contributed by atoms with van der Waals surface area (Å²) in [4.78, 5) is 46.5. The van der Waals surface area contributed by atoms with E-state index >= 15 is 0 Å². The van der Waals surface area contributed by atoms with Gasteiger partial charge in [0.25, 0.3) is 0 Å². The minimum Gasteiger partial charge on any atom is -0.444 e. The van der Waals surface area contributed by atoms with Gasteiger partial charge < -0.3 is 20.1 Å². The largest absolute Gasteiger partial charge is 0.444 e. The predicted octanol–water partition coefficient (Wildman–Crippen LogP) is 6.52. The van der Waals surface area contributed by atoms with Crippen LogP contribution < -0.4 is 10.6 Å². The van der Waals surface area contributed by atoms with Crippen molar-refractivity contribution in [2.45, 2.75) is 71.1 Å². The Kier molecular flexibility index (Phi) is 15.8. The number of nitrogens with one attached hydrogen (secondary N) is 2. The van der Waals surface area contributed by atoms with Crippen LogP contribution >= 0.6 is 11.3 Å². The lowest BCUT2D eigenvalue weighted by molar-refractivity contribution is -0.126. The average Bonchev–Trinajstić information content (AvgIpc) is 3.62. The fourth-order valence-electron chi connectivity index (χ4n) is 5.81. The third-order valence-corrected chi connectivity index (χ3v) is 9.15. The van der Waals surface area contributed by atoms with Gasteiger partial charge in [-0.1, -0.05) is 80.6 Å². The zero-order valence-electron chi connectivity index (χ0n) is 28.2. The molecule has 1 fully saturated rings. The van der Waals surface area contributed by atoms with Crippen LogP contribution in [0.5, 0.6) is 0 Å². The molecular formula is C38H50N4O5S. The fraction of sp³-hybridized carbons (Fsp3) is 0.474. The van der Waals surface area contributed by atoms with Crippen molar-refractivity contribution >= 4 is 29.1 Å². The van der Waals surface area contributed by atoms with Gasteiger partial charge in [0.1, 0.15) is 6.61 Å². The molecule has 3 atom stereocenters. The molecule has 2 aromatic carbocycles. The smallest absolute Gasteiger partial charge is 0.407 e. The topological polar surface area (TPSA) is 110 Å². The van der Waals surface area contributed by atoms with E-state index in [4.69, 9.17) is 9.47 Å². The maximum atomic E-state index is 14.0. The summed E-state index contributed by atoms with van der Waals surface area (Å²) in [6.45, 7) is 8.13. The van der Waals surface area contributed by atoms with Crippen LogP contribution in [0.15, 0.2) is 84.5 Å². The molecule has 1 aliphatic heterocycles. The van der Waals surface area contributed by atoms with Gasteiger partial charge in [-0.15, -0.1) is 11.3 Å². The van der Waals surface area contributed by atoms with E-state index in [1.54, 1.807) is 17.8 Å². The molecule has 2 heterocycles. The Hall–Kier alpha value is -3.86. The van der Waals surface area contributed by atoms with E-state index < -0.39 is 6.09 Å². The number of nitrogens with zero attached hydrogens (tertiary/aromatic N) is 2. The van der Waals surface area contributed by atoms with E-state index in [1.165, 1.54) is 11.3 Å². The first-order valence-electron chi connectivity index (χ1n) is 17.0. The minimum atomic E-state index is -0.497. The van der Waals surface area contributed by atoms with E-state index in [0.29, 0.717) is 51.7 Å². The molecule has 2 N–H and O–H groups in total. The molecule has 1 aliphatic rings. The number of ketones is 1. The summed E-state index contributed by atoms with van der Waals surface area (Å²) in [7, 11) is 0. The minimum absolute atomic E-state index is 0.0154. The first-order chi connectivity index (χ1) is 23.4. The van der Waals surface area contributed by atoms with Crippen molar-refractivity contribution in [3.8, 4) is 0 Å². The first-order valence-corrected chi connectivity index (χ1v) is 17.9. The van der Waals surface area contributed by atoms with Gasteiger partial charge in [0, 0.05) is 37.7 Å². The van der Waals surface area contributed by atoms with Crippen molar-refractivity contribution in [2.75, 3.05) is 32.8 Å². The molecule has 1 aromatic heterocycles. The molecule has 9 nitrogen and oxygen atoms in total. The highest BCUT2D eigenvalue weighted by molar-refractivity contribution is 7.09. The fourth-order valence-corrected chi connectivity index (χ4v) is 6.31. The number of allylic oxidation sites excluding steroid dienone is 2. The molecule has 0 radical (unpaired) electrons. The Morgan fingerprint density at radius 1 is 0.979 bits per heavy atom. The van der Waals surface area contributed by atoms with Crippen molar-refractivity contribution in [1.29, 1.82) is 0 Å². The van der Waals surface area contributed by atoms with Gasteiger partial charge in [-0.3, -0.25) is 19.5 Å². The summed E-state index contributed by atoms with van der Waals surface area (Å²) in [6.07, 6.45) is 8.27. The van der Waals surface area contributed by atoms with Crippen molar-refractivity contribution in [1.82, 2.24) is 20.5 Å². The molecule has 4 rings (SSSR count). The molecule has 10 heteroatoms. The maximum absolute atomic E-state index is 14.0. The van der Waals surface area contributed by atoms with E-state index in [9.17, 15) is 14.4 Å². The number of ether oxygens (including phenoxy) is 2. The molecule has 48 heavy (non-hydrogen) atoms. The molecule has 3 aromatic rings. The average molecular weight is 675 g/mol. The maximum Gasteiger partial charge on any atom is 0.407 e. The molecule has 1 saturated heterocycles. The van der Waals surface area contributed by atoms with Crippen molar-refractivity contribution in [3.05, 3.63) is 101 Å². The lowest BCUT2D eigenvalue weighted by Gasteiger charge is -2.29. The highest BCUT2D eigenvalue weighted by atomic mass is 32.1. The predicted molar refractivity (Wildman–Crippen MR) is 190 cm³/mol. The van der Waals surface area contributed by atoms with Crippen LogP contribution in [0, 0.1) is 11.8 Å². The number of hydrogen-bond acceptors (Lipinski definition) is 8. The second kappa shape index (κ2) is 20.5. The Morgan fingerprint density at radius 3 is 2.40 bits per heavy atom. The summed E-state index contributed by atoms with van der Waals surface area (Å²) in [5.74, 6) is 0.0808. The highest BCUT2D eigenvalue weighted by Crippen LogP contribution is 2.22. The Morgan fingerprint density at radius 2 is 1.71 bits per heavy atom. The number of rotatable bonds is 19. The third-order valence-electron chi connectivity index (χ3n) is 8.40. The quantitative estimate of drug-likeness (QED) is 0.139. The van der Waals surface area contributed by atoms with Crippen molar-refractivity contribution in [3.63, 3.8) is 0 Å². The van der Waals surface area contributed by atoms with Gasteiger partial charge in [-0.25, -0.2) is 4.79 Å². The summed E-state index contributed by atoms with van der Waals surface area (Å²) >= 11 is 1.44. The van der Waals surface area contributed by atoms with E-state index in [2.05, 4.69) is 32.7 Å². The first kappa shape index (κ1) is 37.0. The molecule has 2 amide bonds. The SMILES string of the molecule is CC(C)CC(=O)/C=C/C[C@@H](CCN1CCOCC1)C(=O)N[C@H](CC[C@@H](NC(=O)OCc1cncs1)c1ccccc1)Cc1ccccc1. The highest BCUT2D eigenvalue weighted by Gasteiger charge is 2.24. The molecule has 0 aliphatic carbocycles. The van der Waals surface area contributed by atoms with E-state index in [0.717, 1.165) is 35.6 Å². The zero-order valence-corrected chi connectivity index (χ0v) is 29.0. The summed E-state index contributed by atoms with van der Waals surface area (Å²) < 4.78 is 11.0. The zero-order chi connectivity index (χ0) is 34.0. The normalized spacial score (nSPS) is 15.6. The lowest BCUT2D eigenvalue weighted by Crippen LogP contribution is -2.43. The number of benzene rings is 2. The number of aromatic nitrogens is 1. The van der Waals surface area contributed by atoms with Crippen LogP contribution in [-0.2, 0) is 32.1 Å². The molecule has 0 bridgehead atoms. The van der Waals surface area contributed by atoms with Gasteiger partial charge in [-0.05, 0) is 61.8 Å². The van der Waals surface area contributed by atoms with Crippen LogP contribution in [0.3, 0.4) is 0 Å². The van der Waals surface area contributed by atoms with Crippen LogP contribution in [0.4, 0.5) is 4.79 Å². The van der Waals surface area contributed by atoms with Crippen molar-refractivity contribution in [2.24, 2.45) is 11.8 Å². The number of amides is 2. The number of alkyl carbamates (subject to hydrolysis) is 1. The number of hydrogen-bond donors (Lipinski definition) is 2. The second-order valence-electron chi connectivity index (χ2n) is 12.8. The third kappa shape index (κ3) is 13.7. The molecule has 0 unspecified atom stereocenters. The summed E-state index contributed by atoms with van der Waals surface area (Å²) in [5, 5.41) is 6.43. The van der Waals surface area contributed by atoms with Crippen molar-refractivity contribution < 1.29 is 23.9 Å². The number of carbonyl (C=O) groups is 3. The Bertz CT molecular complexity index is 1390. The standard InChI is InChI=1S/C38H50N4O5S/c1-29(2)24-34(43)15-9-14-32(18-19-42-20-22-46-23-21-42)37(44)40-33(25-30-10-5-3-6-11-30)16-17-36(31-12-7-4-8-13-31)41-38(45)47-27-35-26-39-28-48-35/h3-13,15,26,28-29,32-33,36H,14,16-25,27H2,1-2H3,(H,40,44)(H,41,45)/b15-9+/t32-,33+,36+/m0/s1. The molecule has 0 saturated carbocycles. The van der Waals surface area contributed by atoms with Crippen LogP contribution in [-0.4, -0.2) is 66.6 Å². The van der Waals surface area contributed by atoms with Gasteiger partial charge in [0.2, 0.25) is 5.91 Å². The van der Waals surface area contributed by atoms with Gasteiger partial charge in [0.05, 0.1) is 29.6 Å². The molecule has 0 spiro atoms. The van der Waals surface area contributed by atoms with Crippen LogP contribution in [0.2, 0.25) is 0 Å². The molecule has 258 valence electrons. The van der Waals surface area contributed by atoms with E-state index in [1.807, 2.05) is 68.5 Å². The van der Waals surface area contributed by atoms with Crippen LogP contribution in [0.25, 0.3) is 0 Å². The summed E-state index contributed by atoms with van der Waals surface area (Å²) in [5.41, 5.74) is 3.80. The van der Waals surface area contributed by atoms with Gasteiger partial charge in [0.15, 0.2) is 5.78 Å². The molecular weight excluding hydrogens is 625 g/mol. The second-order valence-corrected chi connectivity index (χ2v) is 13.7. The Balaban J connectivity index is 1.45. The lowest BCUT2D eigenvalue weighted by atomic mass is 9.94. The number of morpholine rings is 1. The Labute approximate surface area is 289 Å². The van der Waals surface area contributed by atoms with Gasteiger partial charge in [-0.2, -0.15) is 0 Å².